The normalized spacial score (nSPS) is 16.9. The highest BCUT2D eigenvalue weighted by molar-refractivity contribution is 5.40. The molecule has 0 unspecified atom stereocenters. The van der Waals surface area contributed by atoms with Gasteiger partial charge in [0.2, 0.25) is 0 Å². The van der Waals surface area contributed by atoms with Gasteiger partial charge in [-0.2, -0.15) is 0 Å². The first kappa shape index (κ1) is 28.4. The Labute approximate surface area is 229 Å². The molecular formula is C30H36O9. The van der Waals surface area contributed by atoms with Gasteiger partial charge in [-0.3, -0.25) is 0 Å². The fourth-order valence-corrected chi connectivity index (χ4v) is 3.64. The zero-order valence-electron chi connectivity index (χ0n) is 22.1. The molecule has 9 nitrogen and oxygen atoms in total. The molecule has 0 spiro atoms. The van der Waals surface area contributed by atoms with E-state index in [1.54, 1.807) is 0 Å². The van der Waals surface area contributed by atoms with Crippen LogP contribution in [0.3, 0.4) is 0 Å². The van der Waals surface area contributed by atoms with Gasteiger partial charge in [-0.15, -0.1) is 0 Å². The SMILES string of the molecule is c1ccc2c(c1)OCCOCCOc1ccccc1OCCOCCOc1ccccc1OCCOCCO2. The number of para-hydroxylation sites is 6. The van der Waals surface area contributed by atoms with Gasteiger partial charge in [0.05, 0.1) is 39.6 Å². The Bertz CT molecular complexity index is 874. The Balaban J connectivity index is 1.30. The average molecular weight is 541 g/mol. The van der Waals surface area contributed by atoms with Crippen LogP contribution in [0.4, 0.5) is 0 Å². The molecule has 0 bridgehead atoms. The fraction of sp³-hybridized carbons (Fsp3) is 0.400. The van der Waals surface area contributed by atoms with Crippen LogP contribution < -0.4 is 28.4 Å². The molecule has 210 valence electrons. The summed E-state index contributed by atoms with van der Waals surface area (Å²) in [5, 5.41) is 0. The van der Waals surface area contributed by atoms with Crippen molar-refractivity contribution in [1.82, 2.24) is 0 Å². The maximum Gasteiger partial charge on any atom is 0.161 e. The van der Waals surface area contributed by atoms with E-state index >= 15 is 0 Å². The standard InChI is InChI=1S/C30H36O9/c1-2-8-26-25(7-1)34-19-13-31-15-21-36-27-9-3-4-10-28(27)38-23-17-33-18-24-39-30-12-6-5-11-29(30)37-22-16-32-14-20-35-26/h1-12H,13-24H2. The molecule has 1 heterocycles. The molecule has 0 aliphatic carbocycles. The van der Waals surface area contributed by atoms with E-state index < -0.39 is 0 Å². The van der Waals surface area contributed by atoms with Gasteiger partial charge in [-0.05, 0) is 36.4 Å². The van der Waals surface area contributed by atoms with E-state index in [0.717, 1.165) is 0 Å². The Hall–Kier alpha value is -3.66. The number of ether oxygens (including phenoxy) is 9. The number of fused-ring (bicyclic) bond motifs is 3. The molecule has 0 saturated carbocycles. The minimum atomic E-state index is 0.388. The van der Waals surface area contributed by atoms with Gasteiger partial charge in [0.1, 0.15) is 39.6 Å². The van der Waals surface area contributed by atoms with Crippen LogP contribution in [-0.4, -0.2) is 79.3 Å². The third-order valence-corrected chi connectivity index (χ3v) is 5.46. The van der Waals surface area contributed by atoms with Crippen LogP contribution in [0.15, 0.2) is 72.8 Å². The van der Waals surface area contributed by atoms with Gasteiger partial charge in [-0.25, -0.2) is 0 Å². The second kappa shape index (κ2) is 17.0. The molecule has 3 aromatic carbocycles. The zero-order valence-corrected chi connectivity index (χ0v) is 22.1. The lowest BCUT2D eigenvalue weighted by Crippen LogP contribution is -2.14. The molecule has 1 aliphatic rings. The number of hydrogen-bond donors (Lipinski definition) is 0. The first-order chi connectivity index (χ1) is 19.4. The predicted molar refractivity (Wildman–Crippen MR) is 145 cm³/mol. The van der Waals surface area contributed by atoms with Gasteiger partial charge < -0.3 is 42.6 Å². The topological polar surface area (TPSA) is 83.1 Å². The molecule has 0 aromatic heterocycles. The molecule has 0 fully saturated rings. The highest BCUT2D eigenvalue weighted by atomic mass is 16.6. The summed E-state index contributed by atoms with van der Waals surface area (Å²) in [6, 6.07) is 22.6. The van der Waals surface area contributed by atoms with Crippen LogP contribution in [0.5, 0.6) is 34.5 Å². The van der Waals surface area contributed by atoms with E-state index in [1.165, 1.54) is 0 Å². The van der Waals surface area contributed by atoms with Crippen molar-refractivity contribution in [1.29, 1.82) is 0 Å². The van der Waals surface area contributed by atoms with E-state index in [4.69, 9.17) is 42.6 Å². The van der Waals surface area contributed by atoms with Crippen LogP contribution in [0.2, 0.25) is 0 Å². The summed E-state index contributed by atoms with van der Waals surface area (Å²) >= 11 is 0. The van der Waals surface area contributed by atoms with E-state index in [2.05, 4.69) is 0 Å². The molecule has 0 N–H and O–H groups in total. The second-order valence-electron chi connectivity index (χ2n) is 8.27. The summed E-state index contributed by atoms with van der Waals surface area (Å²) in [6.45, 7) is 4.85. The summed E-state index contributed by atoms with van der Waals surface area (Å²) in [7, 11) is 0. The van der Waals surface area contributed by atoms with Crippen LogP contribution in [0, 0.1) is 0 Å². The first-order valence-corrected chi connectivity index (χ1v) is 13.2. The lowest BCUT2D eigenvalue weighted by atomic mass is 10.3. The van der Waals surface area contributed by atoms with Gasteiger partial charge in [0.25, 0.3) is 0 Å². The highest BCUT2D eigenvalue weighted by Gasteiger charge is 2.08. The van der Waals surface area contributed by atoms with E-state index in [0.29, 0.717) is 114 Å². The Morgan fingerprint density at radius 2 is 0.436 bits per heavy atom. The second-order valence-corrected chi connectivity index (χ2v) is 8.27. The molecule has 0 atom stereocenters. The van der Waals surface area contributed by atoms with Crippen molar-refractivity contribution in [2.24, 2.45) is 0 Å². The van der Waals surface area contributed by atoms with Crippen molar-refractivity contribution < 1.29 is 42.6 Å². The van der Waals surface area contributed by atoms with Crippen LogP contribution in [0.25, 0.3) is 0 Å². The van der Waals surface area contributed by atoms with E-state index in [9.17, 15) is 0 Å². The average Bonchev–Trinajstić information content (AvgIpc) is 2.97. The molecule has 39 heavy (non-hydrogen) atoms. The largest absolute Gasteiger partial charge is 0.487 e. The first-order valence-electron chi connectivity index (χ1n) is 13.2. The maximum absolute atomic E-state index is 5.85. The molecule has 1 aliphatic heterocycles. The Morgan fingerprint density at radius 1 is 0.256 bits per heavy atom. The smallest absolute Gasteiger partial charge is 0.161 e. The van der Waals surface area contributed by atoms with Crippen molar-refractivity contribution in [2.45, 2.75) is 0 Å². The molecule has 3 aromatic rings. The third-order valence-electron chi connectivity index (χ3n) is 5.46. The summed E-state index contributed by atoms with van der Waals surface area (Å²) in [5.74, 6) is 3.94. The van der Waals surface area contributed by atoms with E-state index in [-0.39, 0.29) is 0 Å². The lowest BCUT2D eigenvalue weighted by molar-refractivity contribution is 0.0691. The third kappa shape index (κ3) is 10.2. The van der Waals surface area contributed by atoms with Crippen molar-refractivity contribution >= 4 is 0 Å². The van der Waals surface area contributed by atoms with Gasteiger partial charge in [0.15, 0.2) is 34.5 Å². The summed E-state index contributed by atoms with van der Waals surface area (Å²) in [5.41, 5.74) is 0. The number of rotatable bonds is 0. The quantitative estimate of drug-likeness (QED) is 0.411. The minimum absolute atomic E-state index is 0.388. The Kier molecular flexibility index (Phi) is 12.4. The molecule has 0 radical (unpaired) electrons. The van der Waals surface area contributed by atoms with Gasteiger partial charge in [0, 0.05) is 0 Å². The molecule has 9 heteroatoms. The minimum Gasteiger partial charge on any atom is -0.487 e. The zero-order chi connectivity index (χ0) is 26.8. The number of benzene rings is 3. The van der Waals surface area contributed by atoms with Gasteiger partial charge >= 0.3 is 0 Å². The van der Waals surface area contributed by atoms with Gasteiger partial charge in [-0.1, -0.05) is 36.4 Å². The van der Waals surface area contributed by atoms with Crippen molar-refractivity contribution in [3.8, 4) is 34.5 Å². The van der Waals surface area contributed by atoms with Crippen LogP contribution in [-0.2, 0) is 14.2 Å². The molecular weight excluding hydrogens is 504 g/mol. The molecule has 0 amide bonds. The van der Waals surface area contributed by atoms with E-state index in [1.807, 2.05) is 72.8 Å². The number of hydrogen-bond acceptors (Lipinski definition) is 9. The fourth-order valence-electron chi connectivity index (χ4n) is 3.64. The van der Waals surface area contributed by atoms with Crippen LogP contribution in [0.1, 0.15) is 0 Å². The van der Waals surface area contributed by atoms with Crippen molar-refractivity contribution in [3.63, 3.8) is 0 Å². The highest BCUT2D eigenvalue weighted by Crippen LogP contribution is 2.28. The van der Waals surface area contributed by atoms with Crippen molar-refractivity contribution in [3.05, 3.63) is 72.8 Å². The maximum atomic E-state index is 5.85. The molecule has 0 saturated heterocycles. The van der Waals surface area contributed by atoms with Crippen LogP contribution >= 0.6 is 0 Å². The Morgan fingerprint density at radius 3 is 0.615 bits per heavy atom. The molecule has 4 rings (SSSR count). The summed E-state index contributed by atoms with van der Waals surface area (Å²) < 4.78 is 52.1. The van der Waals surface area contributed by atoms with Crippen molar-refractivity contribution in [2.75, 3.05) is 79.3 Å². The monoisotopic (exact) mass is 540 g/mol. The lowest BCUT2D eigenvalue weighted by Gasteiger charge is -2.14. The summed E-state index contributed by atoms with van der Waals surface area (Å²) in [4.78, 5) is 0. The summed E-state index contributed by atoms with van der Waals surface area (Å²) in [6.07, 6.45) is 0. The predicted octanol–water partition coefficient (Wildman–Crippen LogP) is 4.42.